The molecule has 4 heteroatoms. The maximum absolute atomic E-state index is 5.64. The average Bonchev–Trinajstić information content (AvgIpc) is 2.78. The highest BCUT2D eigenvalue weighted by molar-refractivity contribution is 7.10. The number of hydrogen-bond acceptors (Lipinski definition) is 4. The van der Waals surface area contributed by atoms with Crippen molar-refractivity contribution in [2.75, 3.05) is 6.61 Å². The van der Waals surface area contributed by atoms with Crippen LogP contribution in [-0.4, -0.2) is 12.7 Å². The minimum atomic E-state index is 0.236. The summed E-state index contributed by atoms with van der Waals surface area (Å²) in [5, 5.41) is 2.18. The van der Waals surface area contributed by atoms with Gasteiger partial charge < -0.3 is 4.74 Å². The largest absolute Gasteiger partial charge is 0.378 e. The van der Waals surface area contributed by atoms with Crippen LogP contribution in [-0.2, 0) is 4.74 Å². The van der Waals surface area contributed by atoms with Crippen LogP contribution in [0.4, 0.5) is 0 Å². The molecule has 1 aliphatic heterocycles. The fourth-order valence-corrected chi connectivity index (χ4v) is 2.95. The normalized spacial score (nSPS) is 28.2. The van der Waals surface area contributed by atoms with Crippen molar-refractivity contribution in [1.29, 1.82) is 0 Å². The van der Waals surface area contributed by atoms with Gasteiger partial charge in [0.2, 0.25) is 0 Å². The fraction of sp³-hybridized carbons (Fsp3) is 0.636. The maximum Gasteiger partial charge on any atom is 0.0551 e. The van der Waals surface area contributed by atoms with Gasteiger partial charge in [0.15, 0.2) is 0 Å². The summed E-state index contributed by atoms with van der Waals surface area (Å²) < 4.78 is 5.58. The predicted octanol–water partition coefficient (Wildman–Crippen LogP) is 1.99. The Labute approximate surface area is 94.6 Å². The molecule has 1 saturated heterocycles. The molecule has 84 valence electrons. The third-order valence-corrected chi connectivity index (χ3v) is 3.87. The zero-order valence-corrected chi connectivity index (χ0v) is 10.0. The second-order valence-electron chi connectivity index (χ2n) is 4.27. The van der Waals surface area contributed by atoms with Crippen LogP contribution in [0.5, 0.6) is 0 Å². The zero-order chi connectivity index (χ0) is 10.8. The van der Waals surface area contributed by atoms with Gasteiger partial charge in [0, 0.05) is 10.8 Å². The highest BCUT2D eigenvalue weighted by atomic mass is 32.1. The van der Waals surface area contributed by atoms with Gasteiger partial charge in [0.1, 0.15) is 0 Å². The lowest BCUT2D eigenvalue weighted by atomic mass is 9.93. The second-order valence-corrected chi connectivity index (χ2v) is 5.39. The van der Waals surface area contributed by atoms with Gasteiger partial charge in [-0.05, 0) is 37.3 Å². The maximum atomic E-state index is 5.64. The average molecular weight is 226 g/mol. The van der Waals surface area contributed by atoms with Gasteiger partial charge in [-0.1, -0.05) is 0 Å². The second kappa shape index (κ2) is 4.61. The summed E-state index contributed by atoms with van der Waals surface area (Å²) in [6.45, 7) is 5.05. The molecule has 15 heavy (non-hydrogen) atoms. The third-order valence-electron chi connectivity index (χ3n) is 2.99. The molecule has 3 atom stereocenters. The van der Waals surface area contributed by atoms with Gasteiger partial charge in [-0.15, -0.1) is 11.3 Å². The molecule has 3 nitrogen and oxygen atoms in total. The lowest BCUT2D eigenvalue weighted by Crippen LogP contribution is -2.33. The van der Waals surface area contributed by atoms with Crippen molar-refractivity contribution in [3.8, 4) is 0 Å². The first-order valence-corrected chi connectivity index (χ1v) is 6.21. The van der Waals surface area contributed by atoms with E-state index in [1.807, 2.05) is 0 Å². The van der Waals surface area contributed by atoms with Crippen LogP contribution in [0.3, 0.4) is 0 Å². The van der Waals surface area contributed by atoms with Crippen molar-refractivity contribution in [2.24, 2.45) is 11.8 Å². The molecule has 3 unspecified atom stereocenters. The van der Waals surface area contributed by atoms with Crippen LogP contribution in [0.1, 0.15) is 29.8 Å². The van der Waals surface area contributed by atoms with Crippen molar-refractivity contribution in [3.63, 3.8) is 0 Å². The quantitative estimate of drug-likeness (QED) is 0.612. The first-order valence-electron chi connectivity index (χ1n) is 5.33. The summed E-state index contributed by atoms with van der Waals surface area (Å²) >= 11 is 1.77. The molecule has 0 amide bonds. The first-order chi connectivity index (χ1) is 7.20. The number of rotatable bonds is 3. The Hall–Kier alpha value is -0.420. The molecule has 0 saturated carbocycles. The van der Waals surface area contributed by atoms with Gasteiger partial charge in [0.05, 0.1) is 18.8 Å². The Balaban J connectivity index is 2.10. The van der Waals surface area contributed by atoms with Crippen molar-refractivity contribution in [1.82, 2.24) is 5.43 Å². The SMILES string of the molecule is Cc1cc(C(NN)C2COC(C)C2)cs1. The van der Waals surface area contributed by atoms with Gasteiger partial charge in [-0.25, -0.2) is 0 Å². The minimum Gasteiger partial charge on any atom is -0.378 e. The summed E-state index contributed by atoms with van der Waals surface area (Å²) in [5.41, 5.74) is 4.22. The summed E-state index contributed by atoms with van der Waals surface area (Å²) in [6, 6.07) is 2.44. The Kier molecular flexibility index (Phi) is 3.41. The number of aryl methyl sites for hydroxylation is 1. The fourth-order valence-electron chi connectivity index (χ4n) is 2.21. The number of hydrogen-bond donors (Lipinski definition) is 2. The molecule has 1 aromatic heterocycles. The first kappa shape index (κ1) is 11.1. The van der Waals surface area contributed by atoms with Gasteiger partial charge in [-0.3, -0.25) is 11.3 Å². The molecule has 1 aliphatic rings. The summed E-state index contributed by atoms with van der Waals surface area (Å²) in [6.07, 6.45) is 1.45. The van der Waals surface area contributed by atoms with Crippen LogP contribution < -0.4 is 11.3 Å². The Bertz CT molecular complexity index is 326. The molecule has 0 spiro atoms. The molecule has 2 rings (SSSR count). The summed E-state index contributed by atoms with van der Waals surface area (Å²) in [5.74, 6) is 6.14. The van der Waals surface area contributed by atoms with E-state index in [0.29, 0.717) is 12.0 Å². The molecule has 0 bridgehead atoms. The van der Waals surface area contributed by atoms with Crippen molar-refractivity contribution in [2.45, 2.75) is 32.4 Å². The standard InChI is InChI=1S/C11H18N2OS/c1-7-3-9(5-14-7)11(13-12)10-4-8(2)15-6-10/h4,6-7,9,11,13H,3,5,12H2,1-2H3. The van der Waals surface area contributed by atoms with E-state index in [0.717, 1.165) is 13.0 Å². The molecule has 2 heterocycles. The van der Waals surface area contributed by atoms with Crippen molar-refractivity contribution >= 4 is 11.3 Å². The smallest absolute Gasteiger partial charge is 0.0551 e. The highest BCUT2D eigenvalue weighted by Crippen LogP contribution is 2.32. The lowest BCUT2D eigenvalue weighted by molar-refractivity contribution is 0.117. The molecular weight excluding hydrogens is 208 g/mol. The van der Waals surface area contributed by atoms with Crippen LogP contribution in [0.2, 0.25) is 0 Å². The van der Waals surface area contributed by atoms with E-state index in [2.05, 4.69) is 30.7 Å². The Morgan fingerprint density at radius 3 is 2.93 bits per heavy atom. The predicted molar refractivity (Wildman–Crippen MR) is 62.6 cm³/mol. The summed E-state index contributed by atoms with van der Waals surface area (Å²) in [7, 11) is 0. The highest BCUT2D eigenvalue weighted by Gasteiger charge is 2.30. The van der Waals surface area contributed by atoms with Crippen molar-refractivity contribution in [3.05, 3.63) is 21.9 Å². The Morgan fingerprint density at radius 2 is 2.47 bits per heavy atom. The summed E-state index contributed by atoms with van der Waals surface area (Å²) in [4.78, 5) is 1.33. The lowest BCUT2D eigenvalue weighted by Gasteiger charge is -2.20. The number of nitrogens with one attached hydrogen (secondary N) is 1. The molecule has 3 N–H and O–H groups in total. The molecule has 0 aromatic carbocycles. The van der Waals surface area contributed by atoms with Crippen LogP contribution in [0.25, 0.3) is 0 Å². The van der Waals surface area contributed by atoms with Crippen LogP contribution >= 0.6 is 11.3 Å². The van der Waals surface area contributed by atoms with E-state index >= 15 is 0 Å². The molecule has 1 fully saturated rings. The number of hydrazine groups is 1. The van der Waals surface area contributed by atoms with Gasteiger partial charge in [0.25, 0.3) is 0 Å². The monoisotopic (exact) mass is 226 g/mol. The van der Waals surface area contributed by atoms with E-state index in [-0.39, 0.29) is 6.04 Å². The van der Waals surface area contributed by atoms with E-state index in [1.54, 1.807) is 11.3 Å². The molecular formula is C11H18N2OS. The number of ether oxygens (including phenoxy) is 1. The van der Waals surface area contributed by atoms with Crippen molar-refractivity contribution < 1.29 is 4.74 Å². The van der Waals surface area contributed by atoms with E-state index in [4.69, 9.17) is 10.6 Å². The van der Waals surface area contributed by atoms with Crippen LogP contribution in [0.15, 0.2) is 11.4 Å². The van der Waals surface area contributed by atoms with E-state index in [9.17, 15) is 0 Å². The Morgan fingerprint density at radius 1 is 1.67 bits per heavy atom. The van der Waals surface area contributed by atoms with E-state index < -0.39 is 0 Å². The molecule has 0 radical (unpaired) electrons. The zero-order valence-electron chi connectivity index (χ0n) is 9.19. The molecule has 0 aliphatic carbocycles. The molecule has 1 aromatic rings. The third kappa shape index (κ3) is 2.39. The minimum absolute atomic E-state index is 0.236. The van der Waals surface area contributed by atoms with Gasteiger partial charge in [-0.2, -0.15) is 0 Å². The topological polar surface area (TPSA) is 47.3 Å². The number of nitrogens with two attached hydrogens (primary N) is 1. The van der Waals surface area contributed by atoms with Crippen LogP contribution in [0, 0.1) is 12.8 Å². The number of thiophene rings is 1. The van der Waals surface area contributed by atoms with E-state index in [1.165, 1.54) is 10.4 Å². The van der Waals surface area contributed by atoms with Gasteiger partial charge >= 0.3 is 0 Å².